The Labute approximate surface area is 105 Å². The molecule has 0 bridgehead atoms. The number of hydrogen-bond acceptors (Lipinski definition) is 3. The average Bonchev–Trinajstić information content (AvgIpc) is 2.67. The van der Waals surface area contributed by atoms with Gasteiger partial charge >= 0.3 is 0 Å². The van der Waals surface area contributed by atoms with Gasteiger partial charge in [0.05, 0.1) is 5.75 Å². The molecule has 1 saturated carbocycles. The van der Waals surface area contributed by atoms with E-state index in [1.165, 1.54) is 32.1 Å². The Bertz CT molecular complexity index is 319. The fraction of sp³-hybridized carbons (Fsp3) is 1.00. The van der Waals surface area contributed by atoms with Gasteiger partial charge < -0.3 is 5.32 Å². The molecule has 1 aliphatic carbocycles. The third-order valence-electron chi connectivity index (χ3n) is 4.00. The summed E-state index contributed by atoms with van der Waals surface area (Å²) in [4.78, 5) is 0. The minimum Gasteiger partial charge on any atom is -0.314 e. The molecule has 5 heteroatoms. The molecule has 1 saturated heterocycles. The summed E-state index contributed by atoms with van der Waals surface area (Å²) in [6.07, 6.45) is 7.90. The maximum atomic E-state index is 11.7. The monoisotopic (exact) mass is 260 g/mol. The minimum absolute atomic E-state index is 0.315. The van der Waals surface area contributed by atoms with E-state index in [-0.39, 0.29) is 0 Å². The first kappa shape index (κ1) is 13.3. The Morgan fingerprint density at radius 2 is 1.94 bits per heavy atom. The second-order valence-electron chi connectivity index (χ2n) is 5.38. The smallest absolute Gasteiger partial charge is 0.211 e. The van der Waals surface area contributed by atoms with Crippen molar-refractivity contribution in [1.82, 2.24) is 10.0 Å². The molecule has 2 N–H and O–H groups in total. The molecular weight excluding hydrogens is 236 g/mol. The van der Waals surface area contributed by atoms with Crippen molar-refractivity contribution in [2.45, 2.75) is 51.0 Å². The third kappa shape index (κ3) is 4.56. The van der Waals surface area contributed by atoms with Gasteiger partial charge in [-0.1, -0.05) is 19.3 Å². The fourth-order valence-corrected chi connectivity index (χ4v) is 3.78. The summed E-state index contributed by atoms with van der Waals surface area (Å²) in [5.41, 5.74) is 0. The van der Waals surface area contributed by atoms with Gasteiger partial charge in [-0.05, 0) is 38.1 Å². The van der Waals surface area contributed by atoms with Crippen LogP contribution in [0, 0.1) is 5.92 Å². The van der Waals surface area contributed by atoms with Crippen LogP contribution in [0.2, 0.25) is 0 Å². The largest absolute Gasteiger partial charge is 0.314 e. The van der Waals surface area contributed by atoms with Crippen LogP contribution in [0.25, 0.3) is 0 Å². The minimum atomic E-state index is -3.02. The van der Waals surface area contributed by atoms with Crippen LogP contribution in [-0.4, -0.2) is 33.3 Å². The Hall–Kier alpha value is -0.130. The standard InChI is InChI=1S/C12H24N2O2S/c15-17(16,10-7-11-3-1-4-11)14-9-6-12-5-2-8-13-12/h11-14H,1-10H2/t12-/m1/s1. The number of rotatable bonds is 7. The first-order valence-corrected chi connectivity index (χ1v) is 8.52. The van der Waals surface area contributed by atoms with Crippen molar-refractivity contribution in [2.75, 3.05) is 18.8 Å². The summed E-state index contributed by atoms with van der Waals surface area (Å²) in [6.45, 7) is 1.67. The SMILES string of the molecule is O=S(=O)(CCC1CCC1)NCC[C@H]1CCCN1. The number of nitrogens with one attached hydrogen (secondary N) is 2. The first-order chi connectivity index (χ1) is 8.16. The molecule has 17 heavy (non-hydrogen) atoms. The van der Waals surface area contributed by atoms with E-state index in [4.69, 9.17) is 0 Å². The predicted molar refractivity (Wildman–Crippen MR) is 69.4 cm³/mol. The number of sulfonamides is 1. The van der Waals surface area contributed by atoms with Crippen molar-refractivity contribution in [3.05, 3.63) is 0 Å². The maximum Gasteiger partial charge on any atom is 0.211 e. The van der Waals surface area contributed by atoms with Crippen molar-refractivity contribution in [3.63, 3.8) is 0 Å². The lowest BCUT2D eigenvalue weighted by molar-refractivity contribution is 0.307. The van der Waals surface area contributed by atoms with E-state index >= 15 is 0 Å². The first-order valence-electron chi connectivity index (χ1n) is 6.86. The van der Waals surface area contributed by atoms with Crippen molar-refractivity contribution in [3.8, 4) is 0 Å². The lowest BCUT2D eigenvalue weighted by atomic mass is 9.84. The van der Waals surface area contributed by atoms with E-state index in [1.54, 1.807) is 0 Å². The van der Waals surface area contributed by atoms with E-state index in [0.717, 1.165) is 19.4 Å². The molecule has 0 radical (unpaired) electrons. The molecule has 0 aromatic rings. The molecular formula is C12H24N2O2S. The Kier molecular flexibility index (Phi) is 4.82. The highest BCUT2D eigenvalue weighted by Gasteiger charge is 2.21. The second kappa shape index (κ2) is 6.16. The zero-order valence-electron chi connectivity index (χ0n) is 10.5. The van der Waals surface area contributed by atoms with Crippen LogP contribution >= 0.6 is 0 Å². The summed E-state index contributed by atoms with van der Waals surface area (Å²) in [5.74, 6) is 0.985. The molecule has 0 aromatic carbocycles. The fourth-order valence-electron chi connectivity index (χ4n) is 2.57. The van der Waals surface area contributed by atoms with E-state index in [0.29, 0.717) is 24.3 Å². The Morgan fingerprint density at radius 3 is 2.53 bits per heavy atom. The van der Waals surface area contributed by atoms with E-state index < -0.39 is 10.0 Å². The van der Waals surface area contributed by atoms with E-state index in [9.17, 15) is 8.42 Å². The van der Waals surface area contributed by atoms with Crippen LogP contribution in [-0.2, 0) is 10.0 Å². The van der Waals surface area contributed by atoms with Crippen molar-refractivity contribution >= 4 is 10.0 Å². The molecule has 2 fully saturated rings. The average molecular weight is 260 g/mol. The van der Waals surface area contributed by atoms with Gasteiger partial charge in [-0.15, -0.1) is 0 Å². The van der Waals surface area contributed by atoms with Crippen LogP contribution < -0.4 is 10.0 Å². The van der Waals surface area contributed by atoms with Crippen molar-refractivity contribution < 1.29 is 8.42 Å². The van der Waals surface area contributed by atoms with Gasteiger partial charge in [0.25, 0.3) is 0 Å². The molecule has 100 valence electrons. The van der Waals surface area contributed by atoms with Crippen LogP contribution in [0.4, 0.5) is 0 Å². The van der Waals surface area contributed by atoms with E-state index in [1.807, 2.05) is 0 Å². The van der Waals surface area contributed by atoms with Crippen molar-refractivity contribution in [2.24, 2.45) is 5.92 Å². The van der Waals surface area contributed by atoms with Gasteiger partial charge in [-0.3, -0.25) is 0 Å². The molecule has 4 nitrogen and oxygen atoms in total. The molecule has 0 spiro atoms. The normalized spacial score (nSPS) is 26.0. The van der Waals surface area contributed by atoms with Gasteiger partial charge in [0.15, 0.2) is 0 Å². The highest BCUT2D eigenvalue weighted by Crippen LogP contribution is 2.29. The Morgan fingerprint density at radius 1 is 1.12 bits per heavy atom. The lowest BCUT2D eigenvalue weighted by Crippen LogP contribution is -2.32. The zero-order chi connectivity index (χ0) is 12.1. The predicted octanol–water partition coefficient (Wildman–Crippen LogP) is 1.24. The molecule has 0 unspecified atom stereocenters. The van der Waals surface area contributed by atoms with E-state index in [2.05, 4.69) is 10.0 Å². The van der Waals surface area contributed by atoms with Crippen LogP contribution in [0.15, 0.2) is 0 Å². The topological polar surface area (TPSA) is 58.2 Å². The molecule has 0 amide bonds. The van der Waals surface area contributed by atoms with Crippen molar-refractivity contribution in [1.29, 1.82) is 0 Å². The number of hydrogen-bond donors (Lipinski definition) is 2. The summed E-state index contributed by atoms with van der Waals surface area (Å²) >= 11 is 0. The van der Waals surface area contributed by atoms with Crippen LogP contribution in [0.5, 0.6) is 0 Å². The molecule has 2 rings (SSSR count). The summed E-state index contributed by atoms with van der Waals surface area (Å²) < 4.78 is 26.2. The summed E-state index contributed by atoms with van der Waals surface area (Å²) in [6, 6.07) is 0.518. The molecule has 1 heterocycles. The van der Waals surface area contributed by atoms with Gasteiger partial charge in [-0.2, -0.15) is 0 Å². The maximum absolute atomic E-state index is 11.7. The quantitative estimate of drug-likeness (QED) is 0.724. The van der Waals surface area contributed by atoms with Crippen LogP contribution in [0.3, 0.4) is 0 Å². The van der Waals surface area contributed by atoms with Gasteiger partial charge in [0, 0.05) is 12.6 Å². The molecule has 1 aliphatic heterocycles. The van der Waals surface area contributed by atoms with Gasteiger partial charge in [-0.25, -0.2) is 13.1 Å². The molecule has 2 aliphatic rings. The van der Waals surface area contributed by atoms with Crippen LogP contribution in [0.1, 0.15) is 44.9 Å². The molecule has 1 atom stereocenters. The van der Waals surface area contributed by atoms with Gasteiger partial charge in [0.2, 0.25) is 10.0 Å². The molecule has 0 aromatic heterocycles. The lowest BCUT2D eigenvalue weighted by Gasteiger charge is -2.24. The highest BCUT2D eigenvalue weighted by atomic mass is 32.2. The third-order valence-corrected chi connectivity index (χ3v) is 5.41. The highest BCUT2D eigenvalue weighted by molar-refractivity contribution is 7.89. The summed E-state index contributed by atoms with van der Waals surface area (Å²) in [5, 5.41) is 3.38. The second-order valence-corrected chi connectivity index (χ2v) is 7.31. The Balaban J connectivity index is 1.58. The summed E-state index contributed by atoms with van der Waals surface area (Å²) in [7, 11) is -3.02. The zero-order valence-corrected chi connectivity index (χ0v) is 11.3. The van der Waals surface area contributed by atoms with Gasteiger partial charge in [0.1, 0.15) is 0 Å².